The second kappa shape index (κ2) is 5.07. The lowest BCUT2D eigenvalue weighted by atomic mass is 9.90. The molecule has 98 valence electrons. The van der Waals surface area contributed by atoms with Gasteiger partial charge in [0.25, 0.3) is 5.91 Å². The van der Waals surface area contributed by atoms with Crippen LogP contribution in [-0.2, 0) is 9.53 Å². The molecule has 1 aliphatic rings. The molecule has 2 heterocycles. The molecular weight excluding hydrogens is 254 g/mol. The minimum absolute atomic E-state index is 0.304. The summed E-state index contributed by atoms with van der Waals surface area (Å²) in [7, 11) is 0. The molecule has 1 aromatic heterocycles. The number of amides is 1. The average molecular weight is 269 g/mol. The first-order valence-electron chi connectivity index (χ1n) is 5.73. The maximum Gasteiger partial charge on any atom is 0.329 e. The van der Waals surface area contributed by atoms with Crippen LogP contribution in [0.4, 0.5) is 0 Å². The standard InChI is InChI=1S/C12H15NO4S/c1-8-2-7-18-9(8)10(14)13-12(11(15)16)3-5-17-6-4-12/h2,7H,3-6H2,1H3,(H,13,14)(H,15,16). The molecule has 5 nitrogen and oxygen atoms in total. The third kappa shape index (κ3) is 2.39. The summed E-state index contributed by atoms with van der Waals surface area (Å²) in [5.41, 5.74) is -0.323. The number of hydrogen-bond acceptors (Lipinski definition) is 4. The Hall–Kier alpha value is -1.40. The van der Waals surface area contributed by atoms with Crippen molar-refractivity contribution in [1.82, 2.24) is 5.32 Å². The molecule has 1 aliphatic heterocycles. The van der Waals surface area contributed by atoms with Crippen LogP contribution in [-0.4, -0.2) is 35.7 Å². The molecule has 0 aliphatic carbocycles. The first-order valence-corrected chi connectivity index (χ1v) is 6.61. The Labute approximate surface area is 109 Å². The van der Waals surface area contributed by atoms with Gasteiger partial charge in [-0.05, 0) is 23.9 Å². The van der Waals surface area contributed by atoms with Crippen molar-refractivity contribution in [3.8, 4) is 0 Å². The first kappa shape index (κ1) is 13.0. The van der Waals surface area contributed by atoms with Crippen molar-refractivity contribution in [2.45, 2.75) is 25.3 Å². The van der Waals surface area contributed by atoms with Crippen LogP contribution in [0.2, 0.25) is 0 Å². The number of rotatable bonds is 3. The van der Waals surface area contributed by atoms with Gasteiger partial charge in [-0.2, -0.15) is 0 Å². The highest BCUT2D eigenvalue weighted by molar-refractivity contribution is 7.12. The van der Waals surface area contributed by atoms with Crippen LogP contribution in [0.5, 0.6) is 0 Å². The van der Waals surface area contributed by atoms with Crippen molar-refractivity contribution in [3.05, 3.63) is 21.9 Å². The molecule has 0 aromatic carbocycles. The zero-order valence-electron chi connectivity index (χ0n) is 10.1. The van der Waals surface area contributed by atoms with Gasteiger partial charge in [0.1, 0.15) is 5.54 Å². The summed E-state index contributed by atoms with van der Waals surface area (Å²) in [6.45, 7) is 2.55. The zero-order valence-corrected chi connectivity index (χ0v) is 10.9. The van der Waals surface area contributed by atoms with Crippen molar-refractivity contribution >= 4 is 23.2 Å². The number of carbonyl (C=O) groups excluding carboxylic acids is 1. The van der Waals surface area contributed by atoms with Crippen molar-refractivity contribution in [1.29, 1.82) is 0 Å². The Morgan fingerprint density at radius 3 is 2.61 bits per heavy atom. The largest absolute Gasteiger partial charge is 0.480 e. The Balaban J connectivity index is 2.17. The number of carboxylic acids is 1. The van der Waals surface area contributed by atoms with Gasteiger partial charge >= 0.3 is 5.97 Å². The van der Waals surface area contributed by atoms with Gasteiger partial charge < -0.3 is 15.2 Å². The second-order valence-corrected chi connectivity index (χ2v) is 5.30. The van der Waals surface area contributed by atoms with E-state index in [1.807, 2.05) is 18.4 Å². The predicted octanol–water partition coefficient (Wildman–Crippen LogP) is 1.42. The fraction of sp³-hybridized carbons (Fsp3) is 0.500. The molecule has 0 spiro atoms. The highest BCUT2D eigenvalue weighted by Gasteiger charge is 2.42. The van der Waals surface area contributed by atoms with Gasteiger partial charge in [-0.3, -0.25) is 4.79 Å². The Kier molecular flexibility index (Phi) is 3.68. The maximum atomic E-state index is 12.1. The van der Waals surface area contributed by atoms with E-state index in [0.717, 1.165) is 5.56 Å². The molecule has 0 atom stereocenters. The third-order valence-corrected chi connectivity index (χ3v) is 4.19. The van der Waals surface area contributed by atoms with Crippen molar-refractivity contribution in [3.63, 3.8) is 0 Å². The SMILES string of the molecule is Cc1ccsc1C(=O)NC1(C(=O)O)CCOCC1. The molecule has 18 heavy (non-hydrogen) atoms. The van der Waals surface area contributed by atoms with E-state index in [0.29, 0.717) is 30.9 Å². The fourth-order valence-electron chi connectivity index (χ4n) is 1.99. The van der Waals surface area contributed by atoms with Gasteiger partial charge in [-0.15, -0.1) is 11.3 Å². The molecule has 2 N–H and O–H groups in total. The lowest BCUT2D eigenvalue weighted by molar-refractivity contribution is -0.148. The van der Waals surface area contributed by atoms with Gasteiger partial charge in [-0.1, -0.05) is 0 Å². The molecule has 1 amide bonds. The lowest BCUT2D eigenvalue weighted by Gasteiger charge is -2.33. The van der Waals surface area contributed by atoms with Crippen LogP contribution < -0.4 is 5.32 Å². The topological polar surface area (TPSA) is 75.6 Å². The highest BCUT2D eigenvalue weighted by atomic mass is 32.1. The van der Waals surface area contributed by atoms with E-state index in [9.17, 15) is 14.7 Å². The number of carbonyl (C=O) groups is 2. The molecule has 0 bridgehead atoms. The molecule has 1 fully saturated rings. The molecule has 0 unspecified atom stereocenters. The zero-order chi connectivity index (χ0) is 13.2. The maximum absolute atomic E-state index is 12.1. The number of ether oxygens (including phenoxy) is 1. The predicted molar refractivity (Wildman–Crippen MR) is 66.9 cm³/mol. The molecule has 1 saturated heterocycles. The van der Waals surface area contributed by atoms with Gasteiger partial charge in [-0.25, -0.2) is 4.79 Å². The molecule has 2 rings (SSSR count). The number of carboxylic acid groups (broad SMARTS) is 1. The van der Waals surface area contributed by atoms with Crippen LogP contribution in [0.3, 0.4) is 0 Å². The summed E-state index contributed by atoms with van der Waals surface area (Å²) < 4.78 is 5.16. The van der Waals surface area contributed by atoms with Crippen molar-refractivity contribution in [2.24, 2.45) is 0 Å². The van der Waals surface area contributed by atoms with Crippen LogP contribution in [0.1, 0.15) is 28.1 Å². The molecular formula is C12H15NO4S. The van der Waals surface area contributed by atoms with Gasteiger partial charge in [0.15, 0.2) is 0 Å². The van der Waals surface area contributed by atoms with Gasteiger partial charge in [0.05, 0.1) is 4.88 Å². The number of aryl methyl sites for hydroxylation is 1. The minimum Gasteiger partial charge on any atom is -0.480 e. The van der Waals surface area contributed by atoms with Crippen LogP contribution in [0.15, 0.2) is 11.4 Å². The summed E-state index contributed by atoms with van der Waals surface area (Å²) >= 11 is 1.32. The summed E-state index contributed by atoms with van der Waals surface area (Å²) in [6.07, 6.45) is 0.608. The van der Waals surface area contributed by atoms with E-state index in [2.05, 4.69) is 5.32 Å². The quantitative estimate of drug-likeness (QED) is 0.870. The van der Waals surface area contributed by atoms with Crippen molar-refractivity contribution < 1.29 is 19.4 Å². The summed E-state index contributed by atoms with van der Waals surface area (Å²) in [4.78, 5) is 24.1. The minimum atomic E-state index is -1.19. The normalized spacial score (nSPS) is 18.3. The van der Waals surface area contributed by atoms with Crippen LogP contribution in [0.25, 0.3) is 0 Å². The Morgan fingerprint density at radius 2 is 2.11 bits per heavy atom. The van der Waals surface area contributed by atoms with E-state index >= 15 is 0 Å². The van der Waals surface area contributed by atoms with E-state index in [1.54, 1.807) is 0 Å². The average Bonchev–Trinajstić information content (AvgIpc) is 2.76. The lowest BCUT2D eigenvalue weighted by Crippen LogP contribution is -2.57. The fourth-order valence-corrected chi connectivity index (χ4v) is 2.81. The smallest absolute Gasteiger partial charge is 0.329 e. The Morgan fingerprint density at radius 1 is 1.44 bits per heavy atom. The number of hydrogen-bond donors (Lipinski definition) is 2. The number of thiophene rings is 1. The molecule has 1 aromatic rings. The first-order chi connectivity index (χ1) is 8.55. The van der Waals surface area contributed by atoms with Crippen LogP contribution >= 0.6 is 11.3 Å². The monoisotopic (exact) mass is 269 g/mol. The summed E-state index contributed by atoms with van der Waals surface area (Å²) in [5.74, 6) is -1.31. The third-order valence-electron chi connectivity index (χ3n) is 3.18. The van der Waals surface area contributed by atoms with E-state index < -0.39 is 11.5 Å². The summed E-state index contributed by atoms with van der Waals surface area (Å²) in [6, 6.07) is 1.84. The number of nitrogens with one attached hydrogen (secondary N) is 1. The van der Waals surface area contributed by atoms with Crippen molar-refractivity contribution in [2.75, 3.05) is 13.2 Å². The number of aliphatic carboxylic acids is 1. The molecule has 0 saturated carbocycles. The second-order valence-electron chi connectivity index (χ2n) is 4.39. The van der Waals surface area contributed by atoms with E-state index in [4.69, 9.17) is 4.74 Å². The van der Waals surface area contributed by atoms with Gasteiger partial charge in [0, 0.05) is 26.1 Å². The highest BCUT2D eigenvalue weighted by Crippen LogP contribution is 2.23. The molecule has 6 heteroatoms. The Bertz CT molecular complexity index is 462. The van der Waals surface area contributed by atoms with Crippen LogP contribution in [0, 0.1) is 6.92 Å². The van der Waals surface area contributed by atoms with Gasteiger partial charge in [0.2, 0.25) is 0 Å². The summed E-state index contributed by atoms with van der Waals surface area (Å²) in [5, 5.41) is 13.8. The molecule has 0 radical (unpaired) electrons. The van der Waals surface area contributed by atoms with E-state index in [-0.39, 0.29) is 5.91 Å². The van der Waals surface area contributed by atoms with E-state index in [1.165, 1.54) is 11.3 Å².